The number of anilines is 1. The number of allylic oxidation sites excluding steroid dienone is 2. The Morgan fingerprint density at radius 3 is 2.18 bits per heavy atom. The molecule has 0 radical (unpaired) electrons. The van der Waals surface area contributed by atoms with Gasteiger partial charge in [0.1, 0.15) is 0 Å². The normalized spacial score (nSPS) is 26.7. The van der Waals surface area contributed by atoms with E-state index < -0.39 is 0 Å². The SMILES string of the molecule is CC1=C(C)C[C@H]2C(=O)N(c3ccc4c(c3)OCO4)C(=O)[C@H]2C1. The van der Waals surface area contributed by atoms with Crippen LogP contribution in [-0.4, -0.2) is 18.6 Å². The number of imide groups is 1. The van der Waals surface area contributed by atoms with E-state index in [0.29, 0.717) is 30.0 Å². The predicted octanol–water partition coefficient (Wildman–Crippen LogP) is 2.65. The second kappa shape index (κ2) is 4.60. The molecule has 0 spiro atoms. The predicted molar refractivity (Wildman–Crippen MR) is 79.6 cm³/mol. The van der Waals surface area contributed by atoms with Crippen LogP contribution < -0.4 is 14.4 Å². The fourth-order valence-corrected chi connectivity index (χ4v) is 3.53. The van der Waals surface area contributed by atoms with Gasteiger partial charge in [0, 0.05) is 6.07 Å². The molecule has 0 aromatic heterocycles. The summed E-state index contributed by atoms with van der Waals surface area (Å²) in [6.45, 7) is 4.27. The van der Waals surface area contributed by atoms with Crippen LogP contribution in [-0.2, 0) is 9.59 Å². The van der Waals surface area contributed by atoms with Gasteiger partial charge in [-0.1, -0.05) is 11.1 Å². The van der Waals surface area contributed by atoms with Crippen LogP contribution in [0.3, 0.4) is 0 Å². The molecule has 1 aromatic rings. The van der Waals surface area contributed by atoms with Crippen LogP contribution in [0.5, 0.6) is 11.5 Å². The molecule has 1 aliphatic carbocycles. The zero-order valence-corrected chi connectivity index (χ0v) is 12.6. The number of hydrogen-bond donors (Lipinski definition) is 0. The molecule has 0 bridgehead atoms. The third-order valence-corrected chi connectivity index (χ3v) is 4.96. The summed E-state index contributed by atoms with van der Waals surface area (Å²) < 4.78 is 10.6. The van der Waals surface area contributed by atoms with Gasteiger partial charge in [0.05, 0.1) is 17.5 Å². The van der Waals surface area contributed by atoms with E-state index in [0.717, 1.165) is 0 Å². The van der Waals surface area contributed by atoms with Gasteiger partial charge in [-0.05, 0) is 38.8 Å². The van der Waals surface area contributed by atoms with E-state index in [2.05, 4.69) is 0 Å². The van der Waals surface area contributed by atoms with E-state index in [-0.39, 0.29) is 30.4 Å². The van der Waals surface area contributed by atoms with E-state index in [1.807, 2.05) is 13.8 Å². The number of rotatable bonds is 1. The van der Waals surface area contributed by atoms with Crippen molar-refractivity contribution in [1.29, 1.82) is 0 Å². The molecule has 4 rings (SSSR count). The van der Waals surface area contributed by atoms with Gasteiger partial charge in [0.2, 0.25) is 18.6 Å². The number of carbonyl (C=O) groups is 2. The van der Waals surface area contributed by atoms with Gasteiger partial charge in [0.25, 0.3) is 0 Å². The van der Waals surface area contributed by atoms with Crippen LogP contribution in [0.1, 0.15) is 26.7 Å². The van der Waals surface area contributed by atoms with Gasteiger partial charge < -0.3 is 9.47 Å². The first-order valence-corrected chi connectivity index (χ1v) is 7.49. The molecular formula is C17H17NO4. The maximum Gasteiger partial charge on any atom is 0.238 e. The first-order valence-electron chi connectivity index (χ1n) is 7.49. The van der Waals surface area contributed by atoms with Crippen molar-refractivity contribution in [3.8, 4) is 11.5 Å². The topological polar surface area (TPSA) is 55.8 Å². The summed E-state index contributed by atoms with van der Waals surface area (Å²) in [6.07, 6.45) is 1.37. The summed E-state index contributed by atoms with van der Waals surface area (Å²) in [5, 5.41) is 0. The van der Waals surface area contributed by atoms with Crippen molar-refractivity contribution >= 4 is 17.5 Å². The Kier molecular flexibility index (Phi) is 2.79. The molecule has 3 aliphatic rings. The van der Waals surface area contributed by atoms with E-state index in [1.54, 1.807) is 18.2 Å². The zero-order valence-electron chi connectivity index (χ0n) is 12.6. The van der Waals surface area contributed by atoms with Crippen molar-refractivity contribution < 1.29 is 19.1 Å². The van der Waals surface area contributed by atoms with Crippen LogP contribution in [0.15, 0.2) is 29.3 Å². The molecule has 5 nitrogen and oxygen atoms in total. The van der Waals surface area contributed by atoms with Crippen LogP contribution in [0.25, 0.3) is 0 Å². The molecule has 0 saturated carbocycles. The smallest absolute Gasteiger partial charge is 0.238 e. The van der Waals surface area contributed by atoms with E-state index >= 15 is 0 Å². The standard InChI is InChI=1S/C17H17NO4/c1-9-5-12-13(6-10(9)2)17(20)18(16(12)19)11-3-4-14-15(7-11)22-8-21-14/h3-4,7,12-13H,5-6,8H2,1-2H3/t12-,13+. The average molecular weight is 299 g/mol. The lowest BCUT2D eigenvalue weighted by Crippen LogP contribution is -2.30. The molecule has 5 heteroatoms. The minimum Gasteiger partial charge on any atom is -0.454 e. The zero-order chi connectivity index (χ0) is 15.4. The Morgan fingerprint density at radius 2 is 1.55 bits per heavy atom. The lowest BCUT2D eigenvalue weighted by atomic mass is 9.78. The van der Waals surface area contributed by atoms with Gasteiger partial charge in [0.15, 0.2) is 11.5 Å². The van der Waals surface area contributed by atoms with E-state index in [1.165, 1.54) is 16.0 Å². The third-order valence-electron chi connectivity index (χ3n) is 4.96. The number of fused-ring (bicyclic) bond motifs is 2. The summed E-state index contributed by atoms with van der Waals surface area (Å²) >= 11 is 0. The van der Waals surface area contributed by atoms with Crippen molar-refractivity contribution in [3.63, 3.8) is 0 Å². The molecule has 1 fully saturated rings. The number of amides is 2. The largest absolute Gasteiger partial charge is 0.454 e. The molecule has 2 amide bonds. The lowest BCUT2D eigenvalue weighted by molar-refractivity contribution is -0.122. The number of nitrogens with zero attached hydrogens (tertiary/aromatic N) is 1. The van der Waals surface area contributed by atoms with Crippen molar-refractivity contribution in [2.24, 2.45) is 11.8 Å². The number of carbonyl (C=O) groups excluding carboxylic acids is 2. The van der Waals surface area contributed by atoms with E-state index in [4.69, 9.17) is 9.47 Å². The molecule has 1 aromatic carbocycles. The Labute approximate surface area is 128 Å². The molecule has 0 unspecified atom stereocenters. The van der Waals surface area contributed by atoms with Crippen molar-refractivity contribution in [2.45, 2.75) is 26.7 Å². The lowest BCUT2D eigenvalue weighted by Gasteiger charge is -2.23. The summed E-state index contributed by atoms with van der Waals surface area (Å²) in [5.74, 6) is 0.594. The van der Waals surface area contributed by atoms with Crippen LogP contribution in [0.4, 0.5) is 5.69 Å². The fourth-order valence-electron chi connectivity index (χ4n) is 3.53. The second-order valence-corrected chi connectivity index (χ2v) is 6.23. The summed E-state index contributed by atoms with van der Waals surface area (Å²) in [6, 6.07) is 5.20. The molecular weight excluding hydrogens is 282 g/mol. The maximum atomic E-state index is 12.7. The molecule has 22 heavy (non-hydrogen) atoms. The third kappa shape index (κ3) is 1.78. The average Bonchev–Trinajstić information content (AvgIpc) is 3.04. The molecule has 1 saturated heterocycles. The van der Waals surface area contributed by atoms with Crippen LogP contribution >= 0.6 is 0 Å². The molecule has 2 heterocycles. The highest BCUT2D eigenvalue weighted by Crippen LogP contribution is 2.44. The second-order valence-electron chi connectivity index (χ2n) is 6.23. The van der Waals surface area contributed by atoms with E-state index in [9.17, 15) is 9.59 Å². The fraction of sp³-hybridized carbons (Fsp3) is 0.412. The molecule has 0 N–H and O–H groups in total. The Hall–Kier alpha value is -2.30. The van der Waals surface area contributed by atoms with Gasteiger partial charge in [-0.25, -0.2) is 4.90 Å². The quantitative estimate of drug-likeness (QED) is 0.591. The highest BCUT2D eigenvalue weighted by atomic mass is 16.7. The Balaban J connectivity index is 1.70. The summed E-state index contributed by atoms with van der Waals surface area (Å²) in [5.41, 5.74) is 3.04. The van der Waals surface area contributed by atoms with Crippen molar-refractivity contribution in [3.05, 3.63) is 29.3 Å². The van der Waals surface area contributed by atoms with Crippen LogP contribution in [0.2, 0.25) is 0 Å². The molecule has 2 aliphatic heterocycles. The number of benzene rings is 1. The van der Waals surface area contributed by atoms with Gasteiger partial charge in [-0.15, -0.1) is 0 Å². The minimum atomic E-state index is -0.221. The molecule has 114 valence electrons. The van der Waals surface area contributed by atoms with Crippen molar-refractivity contribution in [2.75, 3.05) is 11.7 Å². The van der Waals surface area contributed by atoms with Gasteiger partial charge in [-0.2, -0.15) is 0 Å². The highest BCUT2D eigenvalue weighted by Gasteiger charge is 2.49. The monoisotopic (exact) mass is 299 g/mol. The Morgan fingerprint density at radius 1 is 0.955 bits per heavy atom. The Bertz CT molecular complexity index is 689. The summed E-state index contributed by atoms with van der Waals surface area (Å²) in [4.78, 5) is 26.7. The van der Waals surface area contributed by atoms with Gasteiger partial charge in [-0.3, -0.25) is 9.59 Å². The number of ether oxygens (including phenoxy) is 2. The molecule has 2 atom stereocenters. The highest BCUT2D eigenvalue weighted by molar-refractivity contribution is 6.22. The first kappa shape index (κ1) is 13.4. The first-order chi connectivity index (χ1) is 10.6. The van der Waals surface area contributed by atoms with Gasteiger partial charge >= 0.3 is 0 Å². The van der Waals surface area contributed by atoms with Crippen LogP contribution in [0, 0.1) is 11.8 Å². The minimum absolute atomic E-state index is 0.0966. The van der Waals surface area contributed by atoms with Crippen molar-refractivity contribution in [1.82, 2.24) is 0 Å². The summed E-state index contributed by atoms with van der Waals surface area (Å²) in [7, 11) is 0. The number of hydrogen-bond acceptors (Lipinski definition) is 4. The maximum absolute atomic E-state index is 12.7.